The van der Waals surface area contributed by atoms with Crippen molar-refractivity contribution in [1.82, 2.24) is 14.9 Å². The van der Waals surface area contributed by atoms with Gasteiger partial charge in [0.15, 0.2) is 0 Å². The number of piperidine rings is 1. The van der Waals surface area contributed by atoms with E-state index in [0.29, 0.717) is 30.3 Å². The van der Waals surface area contributed by atoms with E-state index in [2.05, 4.69) is 28.3 Å². The molecule has 3 aromatic rings. The van der Waals surface area contributed by atoms with Gasteiger partial charge in [0, 0.05) is 31.3 Å². The van der Waals surface area contributed by atoms with Gasteiger partial charge in [0.05, 0.1) is 17.1 Å². The Bertz CT molecular complexity index is 1300. The number of benzene rings is 2. The van der Waals surface area contributed by atoms with Crippen molar-refractivity contribution in [3.8, 4) is 0 Å². The summed E-state index contributed by atoms with van der Waals surface area (Å²) in [6, 6.07) is 7.21. The molecule has 1 aromatic heterocycles. The molecule has 37 heavy (non-hydrogen) atoms. The number of nitrogen functional groups attached to an aromatic ring is 1. The van der Waals surface area contributed by atoms with Gasteiger partial charge in [-0.25, -0.2) is 9.97 Å². The van der Waals surface area contributed by atoms with E-state index in [4.69, 9.17) is 10.5 Å². The fourth-order valence-corrected chi connectivity index (χ4v) is 5.00. The van der Waals surface area contributed by atoms with E-state index in [1.165, 1.54) is 13.2 Å². The smallest absolute Gasteiger partial charge is 0.399 e. The first-order valence-corrected chi connectivity index (χ1v) is 12.3. The molecule has 4 rings (SSSR count). The molecule has 0 aliphatic carbocycles. The zero-order chi connectivity index (χ0) is 26.9. The number of rotatable bonds is 6. The van der Waals surface area contributed by atoms with Crippen molar-refractivity contribution in [2.45, 2.75) is 51.7 Å². The number of nitrogens with two attached hydrogens (primary N) is 1. The fraction of sp³-hybridized carbons (Fsp3) is 0.444. The Morgan fingerprint density at radius 3 is 2.51 bits per heavy atom. The number of ether oxygens (including phenoxy) is 1. The van der Waals surface area contributed by atoms with Crippen molar-refractivity contribution >= 4 is 28.3 Å². The summed E-state index contributed by atoms with van der Waals surface area (Å²) < 4.78 is 45.0. The molecule has 1 aliphatic rings. The molecule has 1 amide bonds. The molecule has 10 heteroatoms. The number of fused-ring (bicyclic) bond motifs is 1. The van der Waals surface area contributed by atoms with Gasteiger partial charge in [0.25, 0.3) is 0 Å². The van der Waals surface area contributed by atoms with Gasteiger partial charge >= 0.3 is 6.18 Å². The normalized spacial score (nSPS) is 15.7. The molecule has 1 atom stereocenters. The minimum atomic E-state index is -4.49. The van der Waals surface area contributed by atoms with Crippen molar-refractivity contribution < 1.29 is 22.7 Å². The highest BCUT2D eigenvalue weighted by Gasteiger charge is 2.31. The van der Waals surface area contributed by atoms with E-state index in [9.17, 15) is 18.0 Å². The highest BCUT2D eigenvalue weighted by Crippen LogP contribution is 2.36. The minimum absolute atomic E-state index is 0.00392. The van der Waals surface area contributed by atoms with E-state index in [0.717, 1.165) is 47.0 Å². The molecule has 2 heterocycles. The summed E-state index contributed by atoms with van der Waals surface area (Å²) in [7, 11) is 1.52. The Kier molecular flexibility index (Phi) is 7.59. The molecule has 3 N–H and O–H groups in total. The Morgan fingerprint density at radius 2 is 1.86 bits per heavy atom. The van der Waals surface area contributed by atoms with E-state index in [1.54, 1.807) is 13.8 Å². The molecular weight excluding hydrogens is 483 g/mol. The number of amides is 1. The van der Waals surface area contributed by atoms with Crippen molar-refractivity contribution in [2.24, 2.45) is 0 Å². The van der Waals surface area contributed by atoms with Gasteiger partial charge < -0.3 is 20.7 Å². The second-order valence-electron chi connectivity index (χ2n) is 9.69. The third-order valence-corrected chi connectivity index (χ3v) is 6.91. The number of nitrogens with zero attached hydrogens (tertiary/aromatic N) is 3. The van der Waals surface area contributed by atoms with Gasteiger partial charge in [0.1, 0.15) is 18.2 Å². The first-order valence-electron chi connectivity index (χ1n) is 12.3. The van der Waals surface area contributed by atoms with Crippen LogP contribution in [-0.2, 0) is 15.7 Å². The van der Waals surface area contributed by atoms with Crippen LogP contribution in [0.15, 0.2) is 30.3 Å². The van der Waals surface area contributed by atoms with Gasteiger partial charge in [-0.2, -0.15) is 13.2 Å². The van der Waals surface area contributed by atoms with Crippen LogP contribution in [0.2, 0.25) is 0 Å². The quantitative estimate of drug-likeness (QED) is 0.429. The number of alkyl halides is 3. The number of methoxy groups -OCH3 is 1. The van der Waals surface area contributed by atoms with Crippen molar-refractivity contribution in [1.29, 1.82) is 0 Å². The number of aryl methyl sites for hydroxylation is 2. The number of carbonyl (C=O) groups excluding carboxylic acids is 1. The lowest BCUT2D eigenvalue weighted by Gasteiger charge is -2.33. The number of hydrogen-bond acceptors (Lipinski definition) is 6. The largest absolute Gasteiger partial charge is 0.416 e. The summed E-state index contributed by atoms with van der Waals surface area (Å²) >= 11 is 0. The Balaban J connectivity index is 1.64. The lowest BCUT2D eigenvalue weighted by molar-refractivity contribution is -0.137. The van der Waals surface area contributed by atoms with Crippen LogP contribution in [-0.4, -0.2) is 47.6 Å². The van der Waals surface area contributed by atoms with E-state index in [-0.39, 0.29) is 24.1 Å². The predicted octanol–water partition coefficient (Wildman–Crippen LogP) is 5.37. The Labute approximate surface area is 214 Å². The van der Waals surface area contributed by atoms with Crippen LogP contribution in [0.3, 0.4) is 0 Å². The number of nitrogens with one attached hydrogen (secondary N) is 1. The van der Waals surface area contributed by atoms with Crippen molar-refractivity contribution in [2.75, 3.05) is 37.9 Å². The van der Waals surface area contributed by atoms with Gasteiger partial charge in [-0.15, -0.1) is 0 Å². The molecule has 1 aliphatic heterocycles. The molecule has 1 saturated heterocycles. The van der Waals surface area contributed by atoms with Crippen LogP contribution in [0.1, 0.15) is 59.8 Å². The Morgan fingerprint density at radius 1 is 1.16 bits per heavy atom. The third-order valence-electron chi connectivity index (χ3n) is 6.91. The molecule has 0 bridgehead atoms. The number of aromatic nitrogens is 2. The lowest BCUT2D eigenvalue weighted by atomic mass is 9.86. The number of carbonyl (C=O) groups is 1. The van der Waals surface area contributed by atoms with Crippen LogP contribution < -0.4 is 11.1 Å². The molecule has 1 fully saturated rings. The highest BCUT2D eigenvalue weighted by atomic mass is 19.4. The highest BCUT2D eigenvalue weighted by molar-refractivity contribution is 5.90. The van der Waals surface area contributed by atoms with Gasteiger partial charge in [-0.3, -0.25) is 4.79 Å². The van der Waals surface area contributed by atoms with Crippen LogP contribution >= 0.6 is 0 Å². The predicted molar refractivity (Wildman–Crippen MR) is 137 cm³/mol. The van der Waals surface area contributed by atoms with Crippen molar-refractivity contribution in [3.63, 3.8) is 0 Å². The summed E-state index contributed by atoms with van der Waals surface area (Å²) in [5, 5.41) is 4.09. The Hall–Kier alpha value is -3.40. The molecule has 0 spiro atoms. The zero-order valence-electron chi connectivity index (χ0n) is 21.4. The lowest BCUT2D eigenvalue weighted by Crippen LogP contribution is -2.39. The minimum Gasteiger partial charge on any atom is -0.399 e. The maximum atomic E-state index is 13.3. The van der Waals surface area contributed by atoms with Gasteiger partial charge in [-0.05, 0) is 86.6 Å². The number of anilines is 2. The average Bonchev–Trinajstić information content (AvgIpc) is 2.83. The van der Waals surface area contributed by atoms with Gasteiger partial charge in [0.2, 0.25) is 5.91 Å². The molecule has 0 unspecified atom stereocenters. The van der Waals surface area contributed by atoms with Crippen LogP contribution in [0, 0.1) is 13.8 Å². The average molecular weight is 516 g/mol. The monoisotopic (exact) mass is 515 g/mol. The summed E-state index contributed by atoms with van der Waals surface area (Å²) in [6.45, 7) is 7.02. The second kappa shape index (κ2) is 10.5. The SMILES string of the molecule is COCC(=O)N1CCC(c2cc3c(N[C@@H](C)c4cc(N)cc(C(F)(F)F)c4)nc(C)nc3cc2C)CC1. The first kappa shape index (κ1) is 26.7. The summed E-state index contributed by atoms with van der Waals surface area (Å²) in [6.07, 6.45) is -2.83. The standard InChI is InChI=1S/C27H32F3N5O2/c1-15-9-24-23(13-22(15)18-5-7-35(8-6-18)25(36)14-37-4)26(34-17(3)33-24)32-16(2)19-10-20(27(28,29)30)12-21(31)11-19/h9-13,16,18H,5-8,14,31H2,1-4H3,(H,32,33,34)/t16-/m0/s1. The molecule has 0 radical (unpaired) electrons. The van der Waals surface area contributed by atoms with E-state index >= 15 is 0 Å². The summed E-state index contributed by atoms with van der Waals surface area (Å²) in [5.74, 6) is 1.38. The molecular formula is C27H32F3N5O2. The number of hydrogen-bond donors (Lipinski definition) is 2. The van der Waals surface area contributed by atoms with E-state index in [1.807, 2.05) is 11.0 Å². The molecule has 0 saturated carbocycles. The molecule has 2 aromatic carbocycles. The first-order chi connectivity index (χ1) is 17.5. The maximum absolute atomic E-state index is 13.3. The molecule has 198 valence electrons. The van der Waals surface area contributed by atoms with Crippen LogP contribution in [0.4, 0.5) is 24.7 Å². The van der Waals surface area contributed by atoms with E-state index < -0.39 is 17.8 Å². The zero-order valence-corrected chi connectivity index (χ0v) is 21.4. The van der Waals surface area contributed by atoms with Crippen LogP contribution in [0.25, 0.3) is 10.9 Å². The number of likely N-dealkylation sites (tertiary alicyclic amines) is 1. The third kappa shape index (κ3) is 5.95. The summed E-state index contributed by atoms with van der Waals surface area (Å²) in [4.78, 5) is 23.2. The topological polar surface area (TPSA) is 93.4 Å². The molecule has 7 nitrogen and oxygen atoms in total. The maximum Gasteiger partial charge on any atom is 0.416 e. The second-order valence-corrected chi connectivity index (χ2v) is 9.69. The fourth-order valence-electron chi connectivity index (χ4n) is 5.00. The van der Waals surface area contributed by atoms with Crippen molar-refractivity contribution in [3.05, 3.63) is 58.4 Å². The van der Waals surface area contributed by atoms with Gasteiger partial charge in [-0.1, -0.05) is 0 Å². The van der Waals surface area contributed by atoms with Crippen LogP contribution in [0.5, 0.6) is 0 Å². The summed E-state index contributed by atoms with van der Waals surface area (Å²) in [5.41, 5.74) is 8.50. The number of halogens is 3.